The molecule has 1 aliphatic rings. The van der Waals surface area contributed by atoms with Crippen molar-refractivity contribution >= 4 is 0 Å². The SMILES string of the molecule is [2H]C1([2H])CN[C@H](C)c2ccc(CC)cc21. The highest BCUT2D eigenvalue weighted by atomic mass is 14.9. The van der Waals surface area contributed by atoms with Gasteiger partial charge >= 0.3 is 0 Å². The summed E-state index contributed by atoms with van der Waals surface area (Å²) in [5, 5.41) is 3.19. The monoisotopic (exact) mass is 177 g/mol. The zero-order valence-corrected chi connectivity index (χ0v) is 8.22. The summed E-state index contributed by atoms with van der Waals surface area (Å²) in [6.45, 7) is 4.59. The van der Waals surface area contributed by atoms with Gasteiger partial charge in [-0.15, -0.1) is 0 Å². The second kappa shape index (κ2) is 3.51. The molecule has 1 aromatic carbocycles. The maximum absolute atomic E-state index is 7.97. The molecule has 0 saturated carbocycles. The largest absolute Gasteiger partial charge is 0.310 e. The molecule has 0 spiro atoms. The lowest BCUT2D eigenvalue weighted by Crippen LogP contribution is -2.27. The summed E-state index contributed by atoms with van der Waals surface area (Å²) in [4.78, 5) is 0. The Morgan fingerprint density at radius 1 is 1.62 bits per heavy atom. The van der Waals surface area contributed by atoms with Gasteiger partial charge in [0.1, 0.15) is 0 Å². The molecule has 1 aliphatic heterocycles. The molecule has 0 unspecified atom stereocenters. The molecule has 1 N–H and O–H groups in total. The molecule has 70 valence electrons. The smallest absolute Gasteiger partial charge is 0.0329 e. The van der Waals surface area contributed by atoms with Gasteiger partial charge in [0.05, 0.1) is 0 Å². The van der Waals surface area contributed by atoms with E-state index < -0.39 is 6.37 Å². The van der Waals surface area contributed by atoms with E-state index in [1.807, 2.05) is 6.07 Å². The lowest BCUT2D eigenvalue weighted by Gasteiger charge is -2.24. The van der Waals surface area contributed by atoms with Crippen LogP contribution in [0.5, 0.6) is 0 Å². The quantitative estimate of drug-likeness (QED) is 0.695. The van der Waals surface area contributed by atoms with Crippen LogP contribution in [0.15, 0.2) is 18.2 Å². The first-order chi connectivity index (χ1) is 7.04. The molecule has 0 saturated heterocycles. The Labute approximate surface area is 83.0 Å². The van der Waals surface area contributed by atoms with Gasteiger partial charge in [0, 0.05) is 8.78 Å². The first kappa shape index (κ1) is 6.61. The molecule has 0 aromatic heterocycles. The second-order valence-corrected chi connectivity index (χ2v) is 3.55. The zero-order chi connectivity index (χ0) is 11.1. The number of fused-ring (bicyclic) bond motifs is 1. The van der Waals surface area contributed by atoms with Crippen LogP contribution in [0.3, 0.4) is 0 Å². The van der Waals surface area contributed by atoms with Crippen molar-refractivity contribution in [2.24, 2.45) is 0 Å². The number of aryl methyl sites for hydroxylation is 1. The van der Waals surface area contributed by atoms with E-state index in [2.05, 4.69) is 31.3 Å². The average Bonchev–Trinajstić information content (AvgIpc) is 2.24. The molecule has 1 nitrogen and oxygen atoms in total. The van der Waals surface area contributed by atoms with Crippen LogP contribution < -0.4 is 5.32 Å². The molecule has 0 amide bonds. The topological polar surface area (TPSA) is 12.0 Å². The molecule has 2 rings (SSSR count). The summed E-state index contributed by atoms with van der Waals surface area (Å²) in [6, 6.07) is 6.43. The van der Waals surface area contributed by atoms with Crippen molar-refractivity contribution in [2.45, 2.75) is 32.7 Å². The predicted octanol–water partition coefficient (Wildman–Crippen LogP) is 2.46. The number of rotatable bonds is 1. The van der Waals surface area contributed by atoms with Crippen LogP contribution in [-0.4, -0.2) is 6.54 Å². The summed E-state index contributed by atoms with van der Waals surface area (Å²) in [7, 11) is 0. The van der Waals surface area contributed by atoms with Crippen molar-refractivity contribution in [1.82, 2.24) is 5.32 Å². The van der Waals surface area contributed by atoms with Crippen LogP contribution in [0.1, 0.15) is 39.3 Å². The van der Waals surface area contributed by atoms with Crippen molar-refractivity contribution < 1.29 is 2.74 Å². The van der Waals surface area contributed by atoms with E-state index in [-0.39, 0.29) is 6.04 Å². The van der Waals surface area contributed by atoms with Crippen molar-refractivity contribution in [2.75, 3.05) is 6.54 Å². The summed E-state index contributed by atoms with van der Waals surface area (Å²) in [5.74, 6) is 0. The van der Waals surface area contributed by atoms with E-state index in [0.29, 0.717) is 6.54 Å². The fourth-order valence-corrected chi connectivity index (χ4v) is 1.76. The molecule has 0 radical (unpaired) electrons. The van der Waals surface area contributed by atoms with Gasteiger partial charge in [-0.3, -0.25) is 0 Å². The summed E-state index contributed by atoms with van der Waals surface area (Å²) in [5.41, 5.74) is 3.18. The summed E-state index contributed by atoms with van der Waals surface area (Å²) >= 11 is 0. The first-order valence-corrected chi connectivity index (χ1v) is 4.91. The first-order valence-electron chi connectivity index (χ1n) is 5.91. The van der Waals surface area contributed by atoms with Crippen molar-refractivity contribution in [3.63, 3.8) is 0 Å². The average molecular weight is 177 g/mol. The normalized spacial score (nSPS) is 27.4. The molecule has 13 heavy (non-hydrogen) atoms. The van der Waals surface area contributed by atoms with Crippen LogP contribution in [0, 0.1) is 0 Å². The number of hydrogen-bond donors (Lipinski definition) is 1. The maximum atomic E-state index is 7.97. The van der Waals surface area contributed by atoms with Crippen LogP contribution in [0.4, 0.5) is 0 Å². The third-order valence-electron chi connectivity index (χ3n) is 2.68. The Kier molecular flexibility index (Phi) is 1.78. The minimum Gasteiger partial charge on any atom is -0.310 e. The van der Waals surface area contributed by atoms with Gasteiger partial charge in [-0.1, -0.05) is 25.1 Å². The second-order valence-electron chi connectivity index (χ2n) is 3.55. The molecule has 1 heteroatoms. The molecule has 0 fully saturated rings. The van der Waals surface area contributed by atoms with Crippen LogP contribution in [-0.2, 0) is 12.8 Å². The molecule has 1 atom stereocenters. The lowest BCUT2D eigenvalue weighted by molar-refractivity contribution is 0.540. The molecule has 0 bridgehead atoms. The number of benzene rings is 1. The minimum atomic E-state index is -1.23. The van der Waals surface area contributed by atoms with E-state index >= 15 is 0 Å². The Hall–Kier alpha value is -0.820. The summed E-state index contributed by atoms with van der Waals surface area (Å²) in [6.07, 6.45) is -0.266. The van der Waals surface area contributed by atoms with E-state index in [0.717, 1.165) is 17.5 Å². The number of nitrogens with one attached hydrogen (secondary N) is 1. The lowest BCUT2D eigenvalue weighted by atomic mass is 9.93. The van der Waals surface area contributed by atoms with Gasteiger partial charge in [0.25, 0.3) is 0 Å². The molecule has 1 heterocycles. The highest BCUT2D eigenvalue weighted by molar-refractivity contribution is 5.35. The Balaban J connectivity index is 2.53. The van der Waals surface area contributed by atoms with Gasteiger partial charge in [-0.05, 0) is 43.0 Å². The zero-order valence-electron chi connectivity index (χ0n) is 10.2. The third kappa shape index (κ3) is 1.61. The molecular formula is C12H17N. The van der Waals surface area contributed by atoms with Crippen LogP contribution in [0.2, 0.25) is 0 Å². The standard InChI is InChI=1S/C12H17N/c1-3-10-4-5-12-9(2)13-7-6-11(12)8-10/h4-5,8-9,13H,3,6-7H2,1-2H3/t9-/m1/s1/i6D2. The van der Waals surface area contributed by atoms with E-state index in [9.17, 15) is 0 Å². The fourth-order valence-electron chi connectivity index (χ4n) is 1.76. The van der Waals surface area contributed by atoms with E-state index in [4.69, 9.17) is 2.74 Å². The van der Waals surface area contributed by atoms with Gasteiger partial charge in [-0.25, -0.2) is 0 Å². The van der Waals surface area contributed by atoms with Gasteiger partial charge in [0.15, 0.2) is 0 Å². The van der Waals surface area contributed by atoms with Crippen molar-refractivity contribution in [3.8, 4) is 0 Å². The minimum absolute atomic E-state index is 0.259. The Morgan fingerprint density at radius 2 is 2.46 bits per heavy atom. The maximum Gasteiger partial charge on any atom is 0.0329 e. The van der Waals surface area contributed by atoms with Crippen molar-refractivity contribution in [3.05, 3.63) is 34.9 Å². The predicted molar refractivity (Wildman–Crippen MR) is 55.9 cm³/mol. The van der Waals surface area contributed by atoms with Crippen LogP contribution >= 0.6 is 0 Å². The third-order valence-corrected chi connectivity index (χ3v) is 2.68. The summed E-state index contributed by atoms with van der Waals surface area (Å²) < 4.78 is 15.9. The van der Waals surface area contributed by atoms with Crippen molar-refractivity contribution in [1.29, 1.82) is 0 Å². The highest BCUT2D eigenvalue weighted by Crippen LogP contribution is 2.23. The Morgan fingerprint density at radius 3 is 3.23 bits per heavy atom. The highest BCUT2D eigenvalue weighted by Gasteiger charge is 2.14. The fraction of sp³-hybridized carbons (Fsp3) is 0.500. The number of hydrogen-bond acceptors (Lipinski definition) is 1. The molecular weight excluding hydrogens is 158 g/mol. The molecule has 1 aromatic rings. The Bertz CT molecular complexity index is 374. The van der Waals surface area contributed by atoms with Gasteiger partial charge in [0.2, 0.25) is 0 Å². The van der Waals surface area contributed by atoms with E-state index in [1.165, 1.54) is 5.56 Å². The molecule has 0 aliphatic carbocycles. The van der Waals surface area contributed by atoms with E-state index in [1.54, 1.807) is 0 Å². The van der Waals surface area contributed by atoms with Gasteiger partial charge < -0.3 is 5.32 Å². The van der Waals surface area contributed by atoms with Gasteiger partial charge in [-0.2, -0.15) is 0 Å². The van der Waals surface area contributed by atoms with Crippen LogP contribution in [0.25, 0.3) is 0 Å².